The molecule has 0 saturated carbocycles. The molecule has 0 bridgehead atoms. The molecule has 0 N–H and O–H groups in total. The van der Waals surface area contributed by atoms with E-state index >= 15 is 0 Å². The molecule has 0 aromatic heterocycles. The first-order chi connectivity index (χ1) is 6.61. The van der Waals surface area contributed by atoms with Crippen molar-refractivity contribution in [3.05, 3.63) is 0 Å². The molecular formula is C10H17F2NO2. The Bertz CT molecular complexity index is 261. The summed E-state index contributed by atoms with van der Waals surface area (Å²) in [7, 11) is 0. The van der Waals surface area contributed by atoms with Crippen LogP contribution in [-0.4, -0.2) is 35.1 Å². The zero-order valence-electron chi connectivity index (χ0n) is 9.51. The maximum absolute atomic E-state index is 13.0. The molecule has 1 unspecified atom stereocenters. The number of hydrogen-bond acceptors (Lipinski definition) is 2. The predicted octanol–water partition coefficient (Wildman–Crippen LogP) is 2.65. The maximum atomic E-state index is 13.0. The second kappa shape index (κ2) is 3.61. The van der Waals surface area contributed by atoms with Crippen molar-refractivity contribution in [2.24, 2.45) is 0 Å². The van der Waals surface area contributed by atoms with Gasteiger partial charge in [-0.25, -0.2) is 13.6 Å². The lowest BCUT2D eigenvalue weighted by Gasteiger charge is -2.26. The Morgan fingerprint density at radius 1 is 1.47 bits per heavy atom. The van der Waals surface area contributed by atoms with Gasteiger partial charge in [0.25, 0.3) is 5.92 Å². The molecule has 0 aromatic carbocycles. The number of nitrogens with zero attached hydrogens (tertiary/aromatic N) is 1. The van der Waals surface area contributed by atoms with Crippen molar-refractivity contribution in [2.75, 3.05) is 6.54 Å². The molecule has 1 aliphatic heterocycles. The quantitative estimate of drug-likeness (QED) is 0.629. The highest BCUT2D eigenvalue weighted by molar-refractivity contribution is 5.69. The van der Waals surface area contributed by atoms with Crippen LogP contribution in [0.15, 0.2) is 0 Å². The van der Waals surface area contributed by atoms with Gasteiger partial charge < -0.3 is 4.74 Å². The van der Waals surface area contributed by atoms with Crippen molar-refractivity contribution in [3.8, 4) is 0 Å². The summed E-state index contributed by atoms with van der Waals surface area (Å²) in [4.78, 5) is 12.6. The second-order valence-electron chi connectivity index (χ2n) is 5.02. The van der Waals surface area contributed by atoms with E-state index in [0.717, 1.165) is 4.90 Å². The molecule has 15 heavy (non-hydrogen) atoms. The number of carbonyl (C=O) groups excluding carboxylic acids is 1. The van der Waals surface area contributed by atoms with Gasteiger partial charge in [-0.1, -0.05) is 0 Å². The minimum Gasteiger partial charge on any atom is -0.444 e. The van der Waals surface area contributed by atoms with Gasteiger partial charge in [0.05, 0.1) is 6.54 Å². The van der Waals surface area contributed by atoms with Crippen LogP contribution in [0.25, 0.3) is 0 Å². The lowest BCUT2D eigenvalue weighted by atomic mass is 10.2. The average Bonchev–Trinajstić information content (AvgIpc) is 2.20. The van der Waals surface area contributed by atoms with E-state index < -0.39 is 30.2 Å². The summed E-state index contributed by atoms with van der Waals surface area (Å²) >= 11 is 0. The average molecular weight is 221 g/mol. The van der Waals surface area contributed by atoms with Gasteiger partial charge in [-0.15, -0.1) is 0 Å². The van der Waals surface area contributed by atoms with E-state index in [4.69, 9.17) is 4.74 Å². The highest BCUT2D eigenvalue weighted by Crippen LogP contribution is 2.32. The first kappa shape index (κ1) is 12.2. The summed E-state index contributed by atoms with van der Waals surface area (Å²) in [5.74, 6) is -2.78. The Morgan fingerprint density at radius 2 is 2.00 bits per heavy atom. The van der Waals surface area contributed by atoms with Gasteiger partial charge in [-0.3, -0.25) is 4.90 Å². The molecule has 0 radical (unpaired) electrons. The molecule has 5 heteroatoms. The molecule has 1 atom stereocenters. The van der Waals surface area contributed by atoms with E-state index in [0.29, 0.717) is 0 Å². The van der Waals surface area contributed by atoms with E-state index in [9.17, 15) is 13.6 Å². The molecule has 1 fully saturated rings. The third-order valence-corrected chi connectivity index (χ3v) is 2.16. The molecule has 0 aromatic rings. The zero-order valence-corrected chi connectivity index (χ0v) is 9.51. The molecule has 88 valence electrons. The smallest absolute Gasteiger partial charge is 0.410 e. The summed E-state index contributed by atoms with van der Waals surface area (Å²) in [5, 5.41) is 0. The monoisotopic (exact) mass is 221 g/mol. The Morgan fingerprint density at radius 3 is 2.33 bits per heavy atom. The summed E-state index contributed by atoms with van der Waals surface area (Å²) in [5.41, 5.74) is -0.644. The Kier molecular flexibility index (Phi) is 2.94. The Balaban J connectivity index is 2.62. The molecule has 1 amide bonds. The number of carbonyl (C=O) groups is 1. The highest BCUT2D eigenvalue weighted by atomic mass is 19.3. The van der Waals surface area contributed by atoms with E-state index in [1.165, 1.54) is 0 Å². The van der Waals surface area contributed by atoms with Crippen LogP contribution < -0.4 is 0 Å². The van der Waals surface area contributed by atoms with Gasteiger partial charge >= 0.3 is 6.09 Å². The Hall–Kier alpha value is -0.870. The molecule has 0 spiro atoms. The minimum atomic E-state index is -2.78. The number of ether oxygens (including phenoxy) is 1. The molecule has 1 heterocycles. The molecule has 3 nitrogen and oxygen atoms in total. The second-order valence-corrected chi connectivity index (χ2v) is 5.02. The molecule has 1 saturated heterocycles. The highest BCUT2D eigenvalue weighted by Gasteiger charge is 2.46. The number of rotatable bonds is 0. The van der Waals surface area contributed by atoms with Crippen LogP contribution in [0.2, 0.25) is 0 Å². The molecule has 1 rings (SSSR count). The standard InChI is InChI=1S/C10H17F2NO2/c1-7-5-10(11,12)6-13(7)8(14)15-9(2,3)4/h7H,5-6H2,1-4H3. The first-order valence-electron chi connectivity index (χ1n) is 4.98. The van der Waals surface area contributed by atoms with E-state index in [1.807, 2.05) is 0 Å². The summed E-state index contributed by atoms with van der Waals surface area (Å²) in [6.07, 6.45) is -0.945. The van der Waals surface area contributed by atoms with Crippen LogP contribution in [-0.2, 0) is 4.74 Å². The minimum absolute atomic E-state index is 0.285. The normalized spacial score (nSPS) is 25.5. The summed E-state index contributed by atoms with van der Waals surface area (Å²) < 4.78 is 31.0. The van der Waals surface area contributed by atoms with Gasteiger partial charge in [-0.05, 0) is 27.7 Å². The summed E-state index contributed by atoms with van der Waals surface area (Å²) in [6.45, 7) is 6.20. The fourth-order valence-corrected chi connectivity index (χ4v) is 1.58. The van der Waals surface area contributed by atoms with Crippen LogP contribution >= 0.6 is 0 Å². The van der Waals surface area contributed by atoms with Crippen molar-refractivity contribution < 1.29 is 18.3 Å². The van der Waals surface area contributed by atoms with E-state index in [-0.39, 0.29) is 6.42 Å². The largest absolute Gasteiger partial charge is 0.444 e. The van der Waals surface area contributed by atoms with Crippen LogP contribution in [0.3, 0.4) is 0 Å². The van der Waals surface area contributed by atoms with Gasteiger partial charge in [0.2, 0.25) is 0 Å². The lowest BCUT2D eigenvalue weighted by molar-refractivity contribution is -0.00231. The zero-order chi connectivity index (χ0) is 11.9. The maximum Gasteiger partial charge on any atom is 0.410 e. The van der Waals surface area contributed by atoms with E-state index in [1.54, 1.807) is 27.7 Å². The van der Waals surface area contributed by atoms with E-state index in [2.05, 4.69) is 0 Å². The fourth-order valence-electron chi connectivity index (χ4n) is 1.58. The van der Waals surface area contributed by atoms with Gasteiger partial charge in [0, 0.05) is 12.5 Å². The topological polar surface area (TPSA) is 29.5 Å². The molecular weight excluding hydrogens is 204 g/mol. The van der Waals surface area contributed by atoms with Crippen molar-refractivity contribution >= 4 is 6.09 Å². The van der Waals surface area contributed by atoms with Gasteiger partial charge in [0.15, 0.2) is 0 Å². The van der Waals surface area contributed by atoms with Crippen LogP contribution in [0.4, 0.5) is 13.6 Å². The van der Waals surface area contributed by atoms with Crippen molar-refractivity contribution in [2.45, 2.75) is 51.7 Å². The number of hydrogen-bond donors (Lipinski definition) is 0. The number of alkyl halides is 2. The summed E-state index contributed by atoms with van der Waals surface area (Å²) in [6, 6.07) is -0.463. The van der Waals surface area contributed by atoms with Crippen LogP contribution in [0.1, 0.15) is 34.1 Å². The predicted molar refractivity (Wildman–Crippen MR) is 52.0 cm³/mol. The van der Waals surface area contributed by atoms with Gasteiger partial charge in [0.1, 0.15) is 5.60 Å². The van der Waals surface area contributed by atoms with Crippen molar-refractivity contribution in [1.82, 2.24) is 4.90 Å². The van der Waals surface area contributed by atoms with Gasteiger partial charge in [-0.2, -0.15) is 0 Å². The number of amides is 1. The SMILES string of the molecule is CC1CC(F)(F)CN1C(=O)OC(C)(C)C. The van der Waals surface area contributed by atoms with Crippen molar-refractivity contribution in [1.29, 1.82) is 0 Å². The third kappa shape index (κ3) is 3.32. The fraction of sp³-hybridized carbons (Fsp3) is 0.900. The Labute approximate surface area is 88.4 Å². The third-order valence-electron chi connectivity index (χ3n) is 2.16. The van der Waals surface area contributed by atoms with Crippen molar-refractivity contribution in [3.63, 3.8) is 0 Å². The molecule has 1 aliphatic rings. The first-order valence-corrected chi connectivity index (χ1v) is 4.98. The number of likely N-dealkylation sites (tertiary alicyclic amines) is 1. The lowest BCUT2D eigenvalue weighted by Crippen LogP contribution is -2.39. The molecule has 0 aliphatic carbocycles. The van der Waals surface area contributed by atoms with Crippen LogP contribution in [0.5, 0.6) is 0 Å². The van der Waals surface area contributed by atoms with Crippen LogP contribution in [0, 0.1) is 0 Å². The number of halogens is 2.